The van der Waals surface area contributed by atoms with Gasteiger partial charge < -0.3 is 74.6 Å². The van der Waals surface area contributed by atoms with E-state index in [0.29, 0.717) is 86.9 Å². The smallest absolute Gasteiger partial charge is 0.280 e. The normalized spacial score (nSPS) is 17.1. The number of aromatic nitrogens is 9. The number of aryl methyl sites for hydroxylation is 4. The quantitative estimate of drug-likeness (QED) is 0.0659. The molecule has 4 N–H and O–H groups in total. The Balaban J connectivity index is 0.000000143. The van der Waals surface area contributed by atoms with Crippen LogP contribution in [0, 0.1) is 27.7 Å². The highest BCUT2D eigenvalue weighted by atomic mass is 32.1. The summed E-state index contributed by atoms with van der Waals surface area (Å²) in [7, 11) is 14.0. The predicted molar refractivity (Wildman–Crippen MR) is 463 cm³/mol. The van der Waals surface area contributed by atoms with E-state index in [9.17, 15) is 19.5 Å². The molecule has 6 aromatic heterocycles. The third-order valence-electron chi connectivity index (χ3n) is 21.9. The fourth-order valence-corrected chi connectivity index (χ4v) is 18.2. The highest BCUT2D eigenvalue weighted by molar-refractivity contribution is 7.17. The lowest BCUT2D eigenvalue weighted by molar-refractivity contribution is 0.0969. The van der Waals surface area contributed by atoms with Crippen molar-refractivity contribution in [2.75, 3.05) is 214 Å². The first-order valence-electron chi connectivity index (χ1n) is 39.5. The van der Waals surface area contributed by atoms with E-state index in [-0.39, 0.29) is 49.1 Å². The van der Waals surface area contributed by atoms with Gasteiger partial charge >= 0.3 is 0 Å². The van der Waals surface area contributed by atoms with Gasteiger partial charge in [-0.15, -0.1) is 34.0 Å². The number of carbonyl (C=O) groups excluding carboxylic acids is 3. The summed E-state index contributed by atoms with van der Waals surface area (Å²) in [6.45, 7) is 34.6. The van der Waals surface area contributed by atoms with Gasteiger partial charge in [-0.2, -0.15) is 15.0 Å². The van der Waals surface area contributed by atoms with Crippen LogP contribution in [0.25, 0.3) is 0 Å². The number of benzene rings is 3. The SMILES string of the molecule is COc1cc(Nc2ncc3c(n2)N(C)c2sc(C)nc2C(=O)N3C(C)C)ccc1N1CCC(N2CCN(C)CC2)CC1.Cc1nc2c(s1)N(C)c1nc(Nc3ccc(N4CCN(C)CC4)cc3C)ncc1N(C(C)C)C2=O.Cc1nc2c(s1)N(C)c1nc(Nc3ccc(N4CCN(C)CC4)cc3OCCO)ncc1N(C(C)C)C2=O. The van der Waals surface area contributed by atoms with E-state index in [2.05, 4.69) is 145 Å². The zero-order valence-electron chi connectivity index (χ0n) is 69.0. The van der Waals surface area contributed by atoms with Crippen molar-refractivity contribution in [1.82, 2.24) is 64.5 Å². The van der Waals surface area contributed by atoms with E-state index in [0.717, 1.165) is 143 Å². The number of fused-ring (bicyclic) bond motifs is 6. The molecule has 16 rings (SSSR count). The second-order valence-corrected chi connectivity index (χ2v) is 34.5. The second-order valence-electron chi connectivity index (χ2n) is 31.0. The maximum Gasteiger partial charge on any atom is 0.280 e. The monoisotopic (exact) mass is 1620 g/mol. The number of ether oxygens (including phenoxy) is 2. The largest absolute Gasteiger partial charge is 0.495 e. The van der Waals surface area contributed by atoms with Gasteiger partial charge in [0.15, 0.2) is 34.5 Å². The Morgan fingerprint density at radius 3 is 1.26 bits per heavy atom. The van der Waals surface area contributed by atoms with Crippen LogP contribution in [0.2, 0.25) is 0 Å². The minimum atomic E-state index is -0.159. The van der Waals surface area contributed by atoms with E-state index in [1.165, 1.54) is 65.6 Å². The summed E-state index contributed by atoms with van der Waals surface area (Å²) in [5.74, 6) is 4.29. The molecular formula is C81H107N25O6S3. The minimum absolute atomic E-state index is 0.0608. The summed E-state index contributed by atoms with van der Waals surface area (Å²) in [5.41, 5.74) is 10.4. The fraction of sp³-hybridized carbons (Fsp3) is 0.481. The number of nitrogens with zero attached hydrogens (tertiary/aromatic N) is 22. The Morgan fingerprint density at radius 1 is 0.452 bits per heavy atom. The lowest BCUT2D eigenvalue weighted by Crippen LogP contribution is -2.52. The van der Waals surface area contributed by atoms with Crippen molar-refractivity contribution in [2.24, 2.45) is 0 Å². The molecule has 7 aliphatic rings. The number of anilines is 18. The molecule has 115 heavy (non-hydrogen) atoms. The maximum atomic E-state index is 13.5. The summed E-state index contributed by atoms with van der Waals surface area (Å²) >= 11 is 4.45. The first-order chi connectivity index (χ1) is 55.2. The summed E-state index contributed by atoms with van der Waals surface area (Å²) in [6.07, 6.45) is 7.46. The van der Waals surface area contributed by atoms with Gasteiger partial charge in [0, 0.05) is 172 Å². The maximum absolute atomic E-state index is 13.5. The molecule has 3 aromatic carbocycles. The second kappa shape index (κ2) is 34.7. The fourth-order valence-electron chi connectivity index (χ4n) is 15.6. The third kappa shape index (κ3) is 17.2. The highest BCUT2D eigenvalue weighted by Crippen LogP contribution is 2.47. The molecule has 0 bridgehead atoms. The van der Waals surface area contributed by atoms with Gasteiger partial charge in [0.25, 0.3) is 17.7 Å². The number of likely N-dealkylation sites (N-methyl/N-ethyl adjacent to an activating group) is 3. The van der Waals surface area contributed by atoms with Gasteiger partial charge in [-0.05, 0) is 151 Å². The summed E-state index contributed by atoms with van der Waals surface area (Å²) in [4.78, 5) is 110. The predicted octanol–water partition coefficient (Wildman–Crippen LogP) is 11.8. The van der Waals surface area contributed by atoms with Crippen molar-refractivity contribution in [3.8, 4) is 11.5 Å². The molecule has 4 fully saturated rings. The number of aliphatic hydroxyl groups is 1. The molecule has 0 aliphatic carbocycles. The first kappa shape index (κ1) is 81.4. The molecule has 31 nitrogen and oxygen atoms in total. The van der Waals surface area contributed by atoms with Gasteiger partial charge in [0.1, 0.15) is 50.2 Å². The van der Waals surface area contributed by atoms with E-state index in [1.807, 2.05) is 116 Å². The average molecular weight is 1620 g/mol. The van der Waals surface area contributed by atoms with Crippen LogP contribution in [0.4, 0.5) is 101 Å². The first-order valence-corrected chi connectivity index (χ1v) is 41.9. The van der Waals surface area contributed by atoms with Crippen molar-refractivity contribution in [3.05, 3.63) is 111 Å². The molecule has 0 unspecified atom stereocenters. The lowest BCUT2D eigenvalue weighted by atomic mass is 10.0. The van der Waals surface area contributed by atoms with Crippen molar-refractivity contribution in [1.29, 1.82) is 0 Å². The number of amides is 3. The van der Waals surface area contributed by atoms with Crippen molar-refractivity contribution in [3.63, 3.8) is 0 Å². The van der Waals surface area contributed by atoms with Crippen molar-refractivity contribution < 1.29 is 29.0 Å². The van der Waals surface area contributed by atoms with Crippen LogP contribution in [-0.2, 0) is 0 Å². The lowest BCUT2D eigenvalue weighted by Gasteiger charge is -2.42. The van der Waals surface area contributed by atoms with Crippen LogP contribution in [0.15, 0.2) is 73.2 Å². The third-order valence-corrected chi connectivity index (χ3v) is 25.0. The molecule has 4 saturated heterocycles. The summed E-state index contributed by atoms with van der Waals surface area (Å²) < 4.78 is 11.8. The Kier molecular flexibility index (Phi) is 24.6. The zero-order valence-corrected chi connectivity index (χ0v) is 71.5. The summed E-state index contributed by atoms with van der Waals surface area (Å²) in [5, 5.41) is 24.3. The van der Waals surface area contributed by atoms with Gasteiger partial charge in [-0.25, -0.2) is 29.9 Å². The van der Waals surface area contributed by atoms with Crippen LogP contribution in [0.5, 0.6) is 11.5 Å². The molecule has 9 aromatic rings. The molecule has 0 spiro atoms. The molecular weight excluding hydrogens is 1520 g/mol. The van der Waals surface area contributed by atoms with Crippen LogP contribution in [-0.4, -0.2) is 266 Å². The molecule has 0 radical (unpaired) electrons. The molecule has 34 heteroatoms. The number of hydrogen-bond acceptors (Lipinski definition) is 31. The Hall–Kier alpha value is -10.2. The number of methoxy groups -OCH3 is 1. The molecule has 13 heterocycles. The Morgan fingerprint density at radius 2 is 0.852 bits per heavy atom. The molecule has 3 amide bonds. The van der Waals surface area contributed by atoms with Crippen LogP contribution < -0.4 is 69.5 Å². The number of thiazole rings is 3. The van der Waals surface area contributed by atoms with E-state index >= 15 is 0 Å². The number of aliphatic hydroxyl groups excluding tert-OH is 1. The topological polar surface area (TPSA) is 284 Å². The van der Waals surface area contributed by atoms with Gasteiger partial charge in [-0.1, -0.05) is 0 Å². The van der Waals surface area contributed by atoms with E-state index < -0.39 is 0 Å². The molecule has 610 valence electrons. The van der Waals surface area contributed by atoms with Crippen molar-refractivity contribution >= 4 is 153 Å². The number of nitrogens with one attached hydrogen (secondary N) is 3. The number of carbonyl (C=O) groups is 3. The number of piperazine rings is 3. The number of piperidine rings is 1. The zero-order chi connectivity index (χ0) is 81.4. The minimum Gasteiger partial charge on any atom is -0.495 e. The number of hydrogen-bond donors (Lipinski definition) is 4. The molecule has 0 saturated carbocycles. The van der Waals surface area contributed by atoms with Gasteiger partial charge in [0.2, 0.25) is 17.8 Å². The summed E-state index contributed by atoms with van der Waals surface area (Å²) in [6, 6.07) is 19.1. The Bertz CT molecular complexity index is 5000. The number of rotatable bonds is 17. The van der Waals surface area contributed by atoms with E-state index in [4.69, 9.17) is 24.4 Å². The van der Waals surface area contributed by atoms with Crippen LogP contribution in [0.3, 0.4) is 0 Å². The van der Waals surface area contributed by atoms with Crippen LogP contribution >= 0.6 is 34.0 Å². The van der Waals surface area contributed by atoms with Gasteiger partial charge in [-0.3, -0.25) is 34.0 Å². The standard InChI is InChI=1S/C30H41N9O2S.C26H34N8O3S.C25H32N8OS/c1-19(2)39-24-18-31-30(34-27(24)36(5)29-26(28(39)40)32-20(3)42-29)33-21-7-8-23(25(17-21)41-6)38-11-9-22(10-12-38)37-15-13-35(4)14-16-37;1-16(2)34-20-15-27-26(30-23(20)32(5)25-22(24(34)36)28-17(3)38-25)29-19-7-6-18(14-21(19)37-13-12-35)33-10-8-31(4)9-11-33;1-15(2)33-20-14-26-25(29-22(20)31(6)24-21(23(33)34)27-17(4)35-24)28-19-8-7-18(13-16(19)3)32-11-9-30(5)10-12-32/h7-8,17-19,22H,9-16H2,1-6H3,(H,31,33,34);6-7,14-16,35H,8-13H2,1-5H3,(H,27,29,30);7-8,13-15H,9-12H2,1-6H3,(H,26,28,29). The van der Waals surface area contributed by atoms with E-state index in [1.54, 1.807) is 40.4 Å². The average Bonchev–Trinajstić information content (AvgIpc) is 1.62. The Labute approximate surface area is 685 Å². The molecule has 7 aliphatic heterocycles. The van der Waals surface area contributed by atoms with Crippen LogP contribution in [0.1, 0.15) is 106 Å². The van der Waals surface area contributed by atoms with Gasteiger partial charge in [0.05, 0.1) is 58.7 Å². The molecule has 0 atom stereocenters. The van der Waals surface area contributed by atoms with Crippen molar-refractivity contribution in [2.45, 2.75) is 106 Å². The highest BCUT2D eigenvalue weighted by Gasteiger charge is 2.40.